The predicted molar refractivity (Wildman–Crippen MR) is 86.9 cm³/mol. The third-order valence-electron chi connectivity index (χ3n) is 4.85. The zero-order chi connectivity index (χ0) is 16.0. The van der Waals surface area contributed by atoms with Crippen LogP contribution in [0.5, 0.6) is 0 Å². The Hall–Kier alpha value is -2.14. The van der Waals surface area contributed by atoms with Crippen molar-refractivity contribution in [2.45, 2.75) is 13.3 Å². The summed E-state index contributed by atoms with van der Waals surface area (Å²) in [6.45, 7) is 5.87. The Balaban J connectivity index is 1.41. The van der Waals surface area contributed by atoms with Gasteiger partial charge >= 0.3 is 0 Å². The Morgan fingerprint density at radius 1 is 1.22 bits per heavy atom. The molecule has 2 aromatic rings. The van der Waals surface area contributed by atoms with Crippen LogP contribution >= 0.6 is 0 Å². The second-order valence-corrected chi connectivity index (χ2v) is 6.99. The third-order valence-corrected chi connectivity index (χ3v) is 4.85. The van der Waals surface area contributed by atoms with Gasteiger partial charge in [-0.15, -0.1) is 0 Å². The van der Waals surface area contributed by atoms with E-state index in [2.05, 4.69) is 16.9 Å². The zero-order valence-corrected chi connectivity index (χ0v) is 13.6. The summed E-state index contributed by atoms with van der Waals surface area (Å²) in [6.07, 6.45) is 0.327. The number of aryl methyl sites for hydroxylation is 1. The smallest absolute Gasteiger partial charge is 0.228 e. The maximum atomic E-state index is 12.4. The lowest BCUT2D eigenvalue weighted by atomic mass is 9.73. The summed E-state index contributed by atoms with van der Waals surface area (Å²) in [5, 5.41) is 0. The molecule has 5 nitrogen and oxygen atoms in total. The van der Waals surface area contributed by atoms with Crippen molar-refractivity contribution in [3.63, 3.8) is 0 Å². The molecular weight excluding hydrogens is 290 g/mol. The van der Waals surface area contributed by atoms with Gasteiger partial charge in [0.1, 0.15) is 5.76 Å². The van der Waals surface area contributed by atoms with Crippen molar-refractivity contribution < 1.29 is 9.21 Å². The number of rotatable bonds is 3. The van der Waals surface area contributed by atoms with Gasteiger partial charge in [-0.05, 0) is 26.1 Å². The monoisotopic (exact) mass is 311 g/mol. The van der Waals surface area contributed by atoms with Gasteiger partial charge in [0.05, 0.1) is 12.1 Å². The number of carbonyl (C=O) groups is 1. The predicted octanol–water partition coefficient (Wildman–Crippen LogP) is 1.97. The van der Waals surface area contributed by atoms with Gasteiger partial charge < -0.3 is 14.2 Å². The lowest BCUT2D eigenvalue weighted by molar-refractivity contribution is -0.155. The van der Waals surface area contributed by atoms with Crippen molar-refractivity contribution in [3.05, 3.63) is 41.8 Å². The summed E-state index contributed by atoms with van der Waals surface area (Å²) >= 11 is 0. The number of aromatic nitrogens is 1. The maximum absolute atomic E-state index is 12.4. The highest BCUT2D eigenvalue weighted by atomic mass is 16.4. The molecule has 2 aliphatic heterocycles. The summed E-state index contributed by atoms with van der Waals surface area (Å²) in [7, 11) is 2.12. The standard InChI is InChI=1S/C18H21N3O2/c1-13-15(19-17(23-13)14-6-4-3-5-7-14)8-16(22)21-11-18(12-21)9-20(2)10-18/h3-7H,8-12H2,1-2H3. The molecule has 1 spiro atoms. The number of nitrogens with zero attached hydrogens (tertiary/aromatic N) is 3. The molecule has 0 N–H and O–H groups in total. The van der Waals surface area contributed by atoms with E-state index in [1.165, 1.54) is 0 Å². The minimum absolute atomic E-state index is 0.154. The Labute approximate surface area is 135 Å². The molecule has 4 rings (SSSR count). The summed E-state index contributed by atoms with van der Waals surface area (Å²) in [5.41, 5.74) is 2.06. The average molecular weight is 311 g/mol. The Bertz CT molecular complexity index is 724. The largest absolute Gasteiger partial charge is 0.441 e. The highest BCUT2D eigenvalue weighted by molar-refractivity contribution is 5.79. The molecule has 2 saturated heterocycles. The van der Waals surface area contributed by atoms with E-state index >= 15 is 0 Å². The van der Waals surface area contributed by atoms with E-state index < -0.39 is 0 Å². The van der Waals surface area contributed by atoms with E-state index in [-0.39, 0.29) is 5.91 Å². The molecule has 0 aliphatic carbocycles. The fraction of sp³-hybridized carbons (Fsp3) is 0.444. The number of oxazole rings is 1. The van der Waals surface area contributed by atoms with Crippen molar-refractivity contribution >= 4 is 5.91 Å². The van der Waals surface area contributed by atoms with Crippen LogP contribution in [0.1, 0.15) is 11.5 Å². The summed E-state index contributed by atoms with van der Waals surface area (Å²) in [6, 6.07) is 9.79. The summed E-state index contributed by atoms with van der Waals surface area (Å²) in [4.78, 5) is 21.2. The molecule has 5 heteroatoms. The van der Waals surface area contributed by atoms with E-state index in [1.807, 2.05) is 42.2 Å². The van der Waals surface area contributed by atoms with Gasteiger partial charge in [0.25, 0.3) is 0 Å². The molecule has 1 amide bonds. The molecule has 3 heterocycles. The van der Waals surface area contributed by atoms with Gasteiger partial charge in [-0.2, -0.15) is 0 Å². The second-order valence-electron chi connectivity index (χ2n) is 6.99. The fourth-order valence-electron chi connectivity index (χ4n) is 3.79. The second kappa shape index (κ2) is 5.20. The normalized spacial score (nSPS) is 19.5. The summed E-state index contributed by atoms with van der Waals surface area (Å²) in [5.74, 6) is 1.48. The van der Waals surface area contributed by atoms with Gasteiger partial charge in [-0.3, -0.25) is 4.79 Å². The fourth-order valence-corrected chi connectivity index (χ4v) is 3.79. The Morgan fingerprint density at radius 2 is 1.91 bits per heavy atom. The van der Waals surface area contributed by atoms with Gasteiger partial charge in [-0.25, -0.2) is 4.98 Å². The minimum atomic E-state index is 0.154. The van der Waals surface area contributed by atoms with Crippen LogP contribution in [-0.2, 0) is 11.2 Å². The van der Waals surface area contributed by atoms with Gasteiger partial charge in [-0.1, -0.05) is 18.2 Å². The lowest BCUT2D eigenvalue weighted by Gasteiger charge is -2.59. The van der Waals surface area contributed by atoms with Crippen LogP contribution in [-0.4, -0.2) is 53.9 Å². The topological polar surface area (TPSA) is 49.6 Å². The number of hydrogen-bond acceptors (Lipinski definition) is 4. The molecule has 0 atom stereocenters. The van der Waals surface area contributed by atoms with E-state index in [0.29, 0.717) is 17.7 Å². The average Bonchev–Trinajstić information content (AvgIpc) is 2.83. The van der Waals surface area contributed by atoms with Gasteiger partial charge in [0, 0.05) is 37.2 Å². The number of hydrogen-bond donors (Lipinski definition) is 0. The number of likely N-dealkylation sites (tertiary alicyclic amines) is 2. The van der Waals surface area contributed by atoms with Crippen LogP contribution in [0.3, 0.4) is 0 Å². The molecule has 0 unspecified atom stereocenters. The molecule has 23 heavy (non-hydrogen) atoms. The minimum Gasteiger partial charge on any atom is -0.441 e. The highest BCUT2D eigenvalue weighted by Crippen LogP contribution is 2.38. The first-order valence-corrected chi connectivity index (χ1v) is 8.03. The molecule has 1 aromatic carbocycles. The third kappa shape index (κ3) is 2.55. The molecular formula is C18H21N3O2. The van der Waals surface area contributed by atoms with Crippen LogP contribution in [0.15, 0.2) is 34.7 Å². The molecule has 0 radical (unpaired) electrons. The van der Waals surface area contributed by atoms with Crippen LogP contribution in [0.2, 0.25) is 0 Å². The molecule has 1 aromatic heterocycles. The number of carbonyl (C=O) groups excluding carboxylic acids is 1. The zero-order valence-electron chi connectivity index (χ0n) is 13.6. The van der Waals surface area contributed by atoms with Gasteiger partial charge in [0.15, 0.2) is 0 Å². The van der Waals surface area contributed by atoms with Crippen LogP contribution in [0, 0.1) is 12.3 Å². The van der Waals surface area contributed by atoms with Crippen molar-refractivity contribution in [3.8, 4) is 11.5 Å². The molecule has 0 saturated carbocycles. The summed E-state index contributed by atoms with van der Waals surface area (Å²) < 4.78 is 5.73. The highest BCUT2D eigenvalue weighted by Gasteiger charge is 2.51. The number of amides is 1. The van der Waals surface area contributed by atoms with Crippen LogP contribution in [0.4, 0.5) is 0 Å². The lowest BCUT2D eigenvalue weighted by Crippen LogP contribution is -2.72. The van der Waals surface area contributed by atoms with E-state index in [4.69, 9.17) is 4.42 Å². The first-order chi connectivity index (χ1) is 11.0. The van der Waals surface area contributed by atoms with Crippen molar-refractivity contribution in [2.24, 2.45) is 5.41 Å². The molecule has 0 bridgehead atoms. The molecule has 2 fully saturated rings. The van der Waals surface area contributed by atoms with E-state index in [1.54, 1.807) is 0 Å². The number of benzene rings is 1. The Kier molecular flexibility index (Phi) is 3.27. The van der Waals surface area contributed by atoms with E-state index in [9.17, 15) is 4.79 Å². The first kappa shape index (κ1) is 14.5. The molecule has 120 valence electrons. The molecule has 2 aliphatic rings. The first-order valence-electron chi connectivity index (χ1n) is 8.03. The maximum Gasteiger partial charge on any atom is 0.228 e. The quantitative estimate of drug-likeness (QED) is 0.869. The van der Waals surface area contributed by atoms with Crippen LogP contribution < -0.4 is 0 Å². The van der Waals surface area contributed by atoms with Crippen molar-refractivity contribution in [2.75, 3.05) is 33.2 Å². The van der Waals surface area contributed by atoms with Crippen molar-refractivity contribution in [1.82, 2.24) is 14.8 Å². The SMILES string of the molecule is Cc1oc(-c2ccccc2)nc1CC(=O)N1CC2(CN(C)C2)C1. The van der Waals surface area contributed by atoms with Gasteiger partial charge in [0.2, 0.25) is 11.8 Å². The Morgan fingerprint density at radius 3 is 2.57 bits per heavy atom. The van der Waals surface area contributed by atoms with Crippen molar-refractivity contribution in [1.29, 1.82) is 0 Å². The van der Waals surface area contributed by atoms with Crippen LogP contribution in [0.25, 0.3) is 11.5 Å². The van der Waals surface area contributed by atoms with E-state index in [0.717, 1.165) is 43.2 Å².